The Kier molecular flexibility index (Phi) is 5.54. The van der Waals surface area contributed by atoms with Crippen molar-refractivity contribution >= 4 is 12.0 Å². The standard InChI is InChI=1S/C13H22N4O3/c1-9(2)11(12(18)19)6-14-13(20)16(3)7-10-5-15-17(4)8-10/h5,8-9,11H,6-7H2,1-4H3,(H,14,20)(H,18,19). The largest absolute Gasteiger partial charge is 0.481 e. The number of carboxylic acid groups (broad SMARTS) is 1. The molecule has 1 aromatic heterocycles. The number of nitrogens with one attached hydrogen (secondary N) is 1. The van der Waals surface area contributed by atoms with E-state index in [0.29, 0.717) is 6.54 Å². The van der Waals surface area contributed by atoms with Gasteiger partial charge in [0.1, 0.15) is 0 Å². The van der Waals surface area contributed by atoms with E-state index in [4.69, 9.17) is 5.11 Å². The van der Waals surface area contributed by atoms with E-state index in [1.165, 1.54) is 4.90 Å². The van der Waals surface area contributed by atoms with E-state index in [9.17, 15) is 9.59 Å². The number of carbonyl (C=O) groups excluding carboxylic acids is 1. The lowest BCUT2D eigenvalue weighted by molar-refractivity contribution is -0.142. The third kappa shape index (κ3) is 4.56. The van der Waals surface area contributed by atoms with E-state index in [2.05, 4.69) is 10.4 Å². The van der Waals surface area contributed by atoms with E-state index in [1.54, 1.807) is 17.9 Å². The van der Waals surface area contributed by atoms with Gasteiger partial charge in [-0.05, 0) is 5.92 Å². The van der Waals surface area contributed by atoms with Crippen LogP contribution in [0.3, 0.4) is 0 Å². The van der Waals surface area contributed by atoms with E-state index >= 15 is 0 Å². The van der Waals surface area contributed by atoms with Gasteiger partial charge in [-0.3, -0.25) is 9.48 Å². The minimum atomic E-state index is -0.893. The molecule has 0 aliphatic heterocycles. The zero-order chi connectivity index (χ0) is 15.3. The van der Waals surface area contributed by atoms with Gasteiger partial charge in [0.05, 0.1) is 18.7 Å². The summed E-state index contributed by atoms with van der Waals surface area (Å²) in [5.41, 5.74) is 0.920. The molecule has 20 heavy (non-hydrogen) atoms. The minimum absolute atomic E-state index is 0.0311. The average molecular weight is 282 g/mol. The predicted molar refractivity (Wildman–Crippen MR) is 74.0 cm³/mol. The highest BCUT2D eigenvalue weighted by atomic mass is 16.4. The van der Waals surface area contributed by atoms with Crippen molar-refractivity contribution in [1.82, 2.24) is 20.0 Å². The molecule has 7 heteroatoms. The van der Waals surface area contributed by atoms with Crippen molar-refractivity contribution < 1.29 is 14.7 Å². The summed E-state index contributed by atoms with van der Waals surface area (Å²) in [5.74, 6) is -1.50. The molecule has 0 aliphatic carbocycles. The van der Waals surface area contributed by atoms with Crippen molar-refractivity contribution in [1.29, 1.82) is 0 Å². The van der Waals surface area contributed by atoms with Crippen LogP contribution in [0.4, 0.5) is 4.79 Å². The van der Waals surface area contributed by atoms with Crippen molar-refractivity contribution in [2.45, 2.75) is 20.4 Å². The lowest BCUT2D eigenvalue weighted by Crippen LogP contribution is -2.41. The number of aromatic nitrogens is 2. The average Bonchev–Trinajstić information content (AvgIpc) is 2.73. The Morgan fingerprint density at radius 2 is 2.15 bits per heavy atom. The summed E-state index contributed by atoms with van der Waals surface area (Å²) >= 11 is 0. The topological polar surface area (TPSA) is 87.5 Å². The van der Waals surface area contributed by atoms with Crippen LogP contribution in [-0.2, 0) is 18.4 Å². The van der Waals surface area contributed by atoms with Crippen LogP contribution in [0.1, 0.15) is 19.4 Å². The molecule has 1 aromatic rings. The minimum Gasteiger partial charge on any atom is -0.481 e. The van der Waals surface area contributed by atoms with E-state index < -0.39 is 11.9 Å². The van der Waals surface area contributed by atoms with Crippen molar-refractivity contribution in [2.24, 2.45) is 18.9 Å². The molecular formula is C13H22N4O3. The molecule has 0 aliphatic rings. The van der Waals surface area contributed by atoms with Gasteiger partial charge in [-0.1, -0.05) is 13.8 Å². The van der Waals surface area contributed by atoms with Crippen LogP contribution in [0, 0.1) is 11.8 Å². The Labute approximate surface area is 118 Å². The first kappa shape index (κ1) is 16.0. The van der Waals surface area contributed by atoms with Gasteiger partial charge in [-0.2, -0.15) is 5.10 Å². The van der Waals surface area contributed by atoms with Gasteiger partial charge in [0.15, 0.2) is 0 Å². The van der Waals surface area contributed by atoms with Gasteiger partial charge in [0.2, 0.25) is 0 Å². The zero-order valence-electron chi connectivity index (χ0n) is 12.3. The van der Waals surface area contributed by atoms with Gasteiger partial charge in [0.25, 0.3) is 0 Å². The van der Waals surface area contributed by atoms with Gasteiger partial charge in [-0.25, -0.2) is 4.79 Å². The van der Waals surface area contributed by atoms with Crippen LogP contribution < -0.4 is 5.32 Å². The Morgan fingerprint density at radius 1 is 1.50 bits per heavy atom. The molecule has 1 rings (SSSR count). The summed E-state index contributed by atoms with van der Waals surface area (Å²) in [6.45, 7) is 4.21. The lowest BCUT2D eigenvalue weighted by Gasteiger charge is -2.21. The highest BCUT2D eigenvalue weighted by Crippen LogP contribution is 2.10. The van der Waals surface area contributed by atoms with Gasteiger partial charge < -0.3 is 15.3 Å². The first-order valence-electron chi connectivity index (χ1n) is 6.50. The van der Waals surface area contributed by atoms with Crippen LogP contribution in [-0.4, -0.2) is 45.4 Å². The maximum atomic E-state index is 11.9. The second-order valence-electron chi connectivity index (χ2n) is 5.25. The molecule has 0 fully saturated rings. The number of hydrogen-bond acceptors (Lipinski definition) is 3. The van der Waals surface area contributed by atoms with Crippen LogP contribution in [0.2, 0.25) is 0 Å². The van der Waals surface area contributed by atoms with E-state index in [-0.39, 0.29) is 18.5 Å². The molecule has 1 unspecified atom stereocenters. The lowest BCUT2D eigenvalue weighted by atomic mass is 9.96. The normalized spacial score (nSPS) is 12.2. The van der Waals surface area contributed by atoms with E-state index in [0.717, 1.165) is 5.56 Å². The first-order chi connectivity index (χ1) is 9.31. The first-order valence-corrected chi connectivity index (χ1v) is 6.50. The fourth-order valence-electron chi connectivity index (χ4n) is 1.84. The number of rotatable bonds is 6. The SMILES string of the molecule is CC(C)C(CNC(=O)N(C)Cc1cnn(C)c1)C(=O)O. The highest BCUT2D eigenvalue weighted by Gasteiger charge is 2.22. The Balaban J connectivity index is 2.47. The quantitative estimate of drug-likeness (QED) is 0.812. The fraction of sp³-hybridized carbons (Fsp3) is 0.615. The number of aryl methyl sites for hydroxylation is 1. The molecule has 1 atom stereocenters. The molecular weight excluding hydrogens is 260 g/mol. The summed E-state index contributed by atoms with van der Waals surface area (Å²) < 4.78 is 1.67. The molecule has 1 heterocycles. The molecule has 112 valence electrons. The second-order valence-corrected chi connectivity index (χ2v) is 5.25. The van der Waals surface area contributed by atoms with Crippen molar-refractivity contribution in [2.75, 3.05) is 13.6 Å². The summed E-state index contributed by atoms with van der Waals surface area (Å²) in [6.07, 6.45) is 3.52. The molecule has 0 saturated heterocycles. The number of hydrogen-bond donors (Lipinski definition) is 2. The van der Waals surface area contributed by atoms with Crippen LogP contribution in [0.15, 0.2) is 12.4 Å². The Bertz CT molecular complexity index is 470. The third-order valence-corrected chi connectivity index (χ3v) is 3.12. The second kappa shape index (κ2) is 6.93. The van der Waals surface area contributed by atoms with Crippen LogP contribution in [0.25, 0.3) is 0 Å². The Morgan fingerprint density at radius 3 is 2.60 bits per heavy atom. The number of amides is 2. The highest BCUT2D eigenvalue weighted by molar-refractivity contribution is 5.75. The third-order valence-electron chi connectivity index (χ3n) is 3.12. The number of urea groups is 1. The van der Waals surface area contributed by atoms with Gasteiger partial charge in [-0.15, -0.1) is 0 Å². The van der Waals surface area contributed by atoms with Crippen molar-refractivity contribution in [3.63, 3.8) is 0 Å². The van der Waals surface area contributed by atoms with E-state index in [1.807, 2.05) is 27.1 Å². The van der Waals surface area contributed by atoms with Gasteiger partial charge in [0, 0.05) is 32.4 Å². The fourth-order valence-corrected chi connectivity index (χ4v) is 1.84. The molecule has 0 aromatic carbocycles. The molecule has 0 saturated carbocycles. The summed E-state index contributed by atoms with van der Waals surface area (Å²) in [7, 11) is 3.47. The molecule has 0 spiro atoms. The molecule has 0 radical (unpaired) electrons. The number of carboxylic acids is 1. The maximum Gasteiger partial charge on any atom is 0.317 e. The molecule has 0 bridgehead atoms. The summed E-state index contributed by atoms with van der Waals surface area (Å²) in [5, 5.41) is 15.7. The van der Waals surface area contributed by atoms with Crippen molar-refractivity contribution in [3.05, 3.63) is 18.0 Å². The summed E-state index contributed by atoms with van der Waals surface area (Å²) in [6, 6.07) is -0.291. The maximum absolute atomic E-state index is 11.9. The molecule has 2 N–H and O–H groups in total. The number of aliphatic carboxylic acids is 1. The smallest absolute Gasteiger partial charge is 0.317 e. The van der Waals surface area contributed by atoms with Gasteiger partial charge >= 0.3 is 12.0 Å². The predicted octanol–water partition coefficient (Wildman–Crippen LogP) is 0.918. The monoisotopic (exact) mass is 282 g/mol. The number of carbonyl (C=O) groups is 2. The van der Waals surface area contributed by atoms with Crippen LogP contribution >= 0.6 is 0 Å². The van der Waals surface area contributed by atoms with Crippen molar-refractivity contribution in [3.8, 4) is 0 Å². The number of nitrogens with zero attached hydrogens (tertiary/aromatic N) is 3. The molecule has 7 nitrogen and oxygen atoms in total. The Hall–Kier alpha value is -2.05. The summed E-state index contributed by atoms with van der Waals surface area (Å²) in [4.78, 5) is 24.4. The zero-order valence-corrected chi connectivity index (χ0v) is 12.3. The molecule has 2 amide bonds. The van der Waals surface area contributed by atoms with Crippen LogP contribution in [0.5, 0.6) is 0 Å².